The zero-order valence-corrected chi connectivity index (χ0v) is 14.5. The van der Waals surface area contributed by atoms with Gasteiger partial charge in [-0.3, -0.25) is 4.79 Å². The van der Waals surface area contributed by atoms with Crippen molar-refractivity contribution in [3.8, 4) is 0 Å². The fourth-order valence-electron chi connectivity index (χ4n) is 5.70. The second-order valence-electron chi connectivity index (χ2n) is 7.39. The van der Waals surface area contributed by atoms with E-state index >= 15 is 0 Å². The molecule has 3 aliphatic rings. The highest BCUT2D eigenvalue weighted by atomic mass is 35.5. The number of nitrogens with one attached hydrogen (secondary N) is 1. The number of hydrazone groups is 1. The summed E-state index contributed by atoms with van der Waals surface area (Å²) in [4.78, 5) is 13.0. The maximum Gasteiger partial charge on any atom is 0.247 e. The van der Waals surface area contributed by atoms with Crippen LogP contribution < -0.4 is 5.43 Å². The lowest BCUT2D eigenvalue weighted by atomic mass is 9.77. The highest BCUT2D eigenvalue weighted by Crippen LogP contribution is 2.97. The number of carbonyl (C=O) groups excluding carboxylic acids is 1. The van der Waals surface area contributed by atoms with Gasteiger partial charge in [-0.1, -0.05) is 60.5 Å². The Labute approximate surface area is 152 Å². The minimum absolute atomic E-state index is 0.0897. The van der Waals surface area contributed by atoms with Crippen molar-refractivity contribution in [2.45, 2.75) is 24.7 Å². The number of amides is 1. The Morgan fingerprint density at radius 1 is 1.08 bits per heavy atom. The Morgan fingerprint density at radius 2 is 1.76 bits per heavy atom. The lowest BCUT2D eigenvalue weighted by molar-refractivity contribution is -0.126. The SMILES string of the molecule is O=C(N/N=C\c1ccc(Cl)cc1)C12[C@H]3CCC[C@H]1C32c1ccccc1. The third-order valence-corrected chi connectivity index (χ3v) is 6.83. The van der Waals surface area contributed by atoms with Gasteiger partial charge in [0.25, 0.3) is 0 Å². The van der Waals surface area contributed by atoms with E-state index in [1.165, 1.54) is 12.0 Å². The second-order valence-corrected chi connectivity index (χ2v) is 7.83. The highest BCUT2D eigenvalue weighted by Gasteiger charge is 3.01. The third-order valence-electron chi connectivity index (χ3n) is 6.58. The number of rotatable bonds is 4. The molecule has 5 rings (SSSR count). The van der Waals surface area contributed by atoms with Gasteiger partial charge in [-0.05, 0) is 47.9 Å². The Balaban J connectivity index is 1.35. The zero-order chi connectivity index (χ0) is 17.1. The van der Waals surface area contributed by atoms with Crippen LogP contribution >= 0.6 is 11.6 Å². The van der Waals surface area contributed by atoms with Crippen molar-refractivity contribution in [1.29, 1.82) is 0 Å². The average molecular weight is 351 g/mol. The molecule has 0 aromatic heterocycles. The molecule has 3 nitrogen and oxygen atoms in total. The van der Waals surface area contributed by atoms with Crippen LogP contribution in [0.4, 0.5) is 0 Å². The van der Waals surface area contributed by atoms with E-state index < -0.39 is 0 Å². The molecule has 0 radical (unpaired) electrons. The van der Waals surface area contributed by atoms with Crippen molar-refractivity contribution in [2.75, 3.05) is 0 Å². The summed E-state index contributed by atoms with van der Waals surface area (Å²) in [7, 11) is 0. The molecule has 3 fully saturated rings. The number of carbonyl (C=O) groups is 1. The van der Waals surface area contributed by atoms with E-state index in [0.29, 0.717) is 16.9 Å². The first kappa shape index (κ1) is 15.2. The molecule has 0 bridgehead atoms. The summed E-state index contributed by atoms with van der Waals surface area (Å²) in [5.74, 6) is 1.08. The Bertz CT molecular complexity index is 847. The number of halogens is 1. The van der Waals surface area contributed by atoms with Crippen molar-refractivity contribution in [2.24, 2.45) is 22.4 Å². The number of hydrogen-bond acceptors (Lipinski definition) is 2. The second kappa shape index (κ2) is 5.18. The zero-order valence-electron chi connectivity index (χ0n) is 13.8. The fraction of sp³-hybridized carbons (Fsp3) is 0.333. The molecular weight excluding hydrogens is 332 g/mol. The molecule has 0 saturated heterocycles. The normalized spacial score (nSPS) is 34.4. The van der Waals surface area contributed by atoms with Gasteiger partial charge in [-0.15, -0.1) is 0 Å². The largest absolute Gasteiger partial charge is 0.272 e. The summed E-state index contributed by atoms with van der Waals surface area (Å²) in [5.41, 5.74) is 4.95. The van der Waals surface area contributed by atoms with E-state index in [-0.39, 0.29) is 16.7 Å². The van der Waals surface area contributed by atoms with Gasteiger partial charge in [0.1, 0.15) is 0 Å². The number of hydrogen-bond donors (Lipinski definition) is 1. The Kier molecular flexibility index (Phi) is 3.14. The quantitative estimate of drug-likeness (QED) is 0.653. The molecule has 2 aromatic carbocycles. The van der Waals surface area contributed by atoms with Crippen molar-refractivity contribution in [1.82, 2.24) is 5.43 Å². The molecule has 126 valence electrons. The van der Waals surface area contributed by atoms with Crippen molar-refractivity contribution < 1.29 is 4.79 Å². The predicted molar refractivity (Wildman–Crippen MR) is 98.6 cm³/mol. The lowest BCUT2D eigenvalue weighted by Gasteiger charge is -2.27. The van der Waals surface area contributed by atoms with Crippen molar-refractivity contribution in [3.63, 3.8) is 0 Å². The molecule has 3 aliphatic carbocycles. The molecule has 0 unspecified atom stereocenters. The first-order valence-electron chi connectivity index (χ1n) is 8.87. The standard InChI is InChI=1S/C21H19ClN2O/c22-16-11-9-14(10-12-16)13-23-24-19(25)21-17-7-4-8-18(21)20(17,21)15-5-2-1-3-6-15/h1-3,5-6,9-13,17-18H,4,7-8H2,(H,24,25)/b23-13-/t17-,18-,20?,21?/m0/s1. The van der Waals surface area contributed by atoms with Gasteiger partial charge in [0.05, 0.1) is 11.6 Å². The van der Waals surface area contributed by atoms with Crippen LogP contribution in [0.2, 0.25) is 5.02 Å². The molecule has 2 aromatic rings. The maximum atomic E-state index is 13.0. The van der Waals surface area contributed by atoms with Crippen LogP contribution in [0.5, 0.6) is 0 Å². The van der Waals surface area contributed by atoms with Gasteiger partial charge >= 0.3 is 0 Å². The number of nitrogens with zero attached hydrogens (tertiary/aromatic N) is 1. The van der Waals surface area contributed by atoms with Crippen LogP contribution in [0.25, 0.3) is 0 Å². The van der Waals surface area contributed by atoms with Crippen LogP contribution in [0, 0.1) is 17.3 Å². The van der Waals surface area contributed by atoms with Crippen LogP contribution in [-0.4, -0.2) is 12.1 Å². The molecule has 3 saturated carbocycles. The number of benzene rings is 2. The fourth-order valence-corrected chi connectivity index (χ4v) is 5.82. The third kappa shape index (κ3) is 1.82. The first-order chi connectivity index (χ1) is 12.2. The van der Waals surface area contributed by atoms with Gasteiger partial charge in [-0.25, -0.2) is 5.43 Å². The van der Waals surface area contributed by atoms with Crippen LogP contribution in [0.3, 0.4) is 0 Å². The summed E-state index contributed by atoms with van der Waals surface area (Å²) < 4.78 is 0. The molecule has 0 aliphatic heterocycles. The molecule has 25 heavy (non-hydrogen) atoms. The van der Waals surface area contributed by atoms with E-state index in [9.17, 15) is 4.79 Å². The summed E-state index contributed by atoms with van der Waals surface area (Å²) in [6, 6.07) is 18.0. The predicted octanol–water partition coefficient (Wildman–Crippen LogP) is 4.16. The first-order valence-corrected chi connectivity index (χ1v) is 9.24. The maximum absolute atomic E-state index is 13.0. The molecular formula is C21H19ClN2O. The van der Waals surface area contributed by atoms with Gasteiger partial charge in [-0.2, -0.15) is 5.10 Å². The molecule has 1 amide bonds. The van der Waals surface area contributed by atoms with Gasteiger partial charge in [0, 0.05) is 10.4 Å². The molecule has 0 spiro atoms. The minimum Gasteiger partial charge on any atom is -0.272 e. The Hall–Kier alpha value is -2.13. The van der Waals surface area contributed by atoms with Crippen LogP contribution in [0.15, 0.2) is 59.7 Å². The lowest BCUT2D eigenvalue weighted by Crippen LogP contribution is -2.31. The number of fused-ring (bicyclic) bond motifs is 2. The summed E-state index contributed by atoms with van der Waals surface area (Å²) in [6.07, 6.45) is 5.22. The van der Waals surface area contributed by atoms with Gasteiger partial charge in [0.15, 0.2) is 0 Å². The van der Waals surface area contributed by atoms with Crippen molar-refractivity contribution in [3.05, 3.63) is 70.7 Å². The average Bonchev–Trinajstić information content (AvgIpc) is 3.51. The minimum atomic E-state index is -0.204. The molecule has 2 atom stereocenters. The van der Waals surface area contributed by atoms with Gasteiger partial charge < -0.3 is 0 Å². The smallest absolute Gasteiger partial charge is 0.247 e. The van der Waals surface area contributed by atoms with E-state index in [1.54, 1.807) is 6.21 Å². The van der Waals surface area contributed by atoms with Gasteiger partial charge in [0.2, 0.25) is 5.91 Å². The summed E-state index contributed by atoms with van der Waals surface area (Å²) in [6.45, 7) is 0. The molecule has 1 N–H and O–H groups in total. The summed E-state index contributed by atoms with van der Waals surface area (Å²) >= 11 is 5.88. The van der Waals surface area contributed by atoms with Crippen LogP contribution in [-0.2, 0) is 10.2 Å². The van der Waals surface area contributed by atoms with E-state index in [4.69, 9.17) is 11.6 Å². The highest BCUT2D eigenvalue weighted by molar-refractivity contribution is 6.30. The summed E-state index contributed by atoms with van der Waals surface area (Å²) in [5, 5.41) is 4.88. The van der Waals surface area contributed by atoms with Crippen molar-refractivity contribution >= 4 is 23.7 Å². The topological polar surface area (TPSA) is 41.5 Å². The van der Waals surface area contributed by atoms with E-state index in [1.807, 2.05) is 30.3 Å². The monoisotopic (exact) mass is 350 g/mol. The molecule has 0 heterocycles. The van der Waals surface area contributed by atoms with E-state index in [0.717, 1.165) is 18.4 Å². The van der Waals surface area contributed by atoms with E-state index in [2.05, 4.69) is 34.8 Å². The Morgan fingerprint density at radius 3 is 2.44 bits per heavy atom. The van der Waals surface area contributed by atoms with Crippen LogP contribution in [0.1, 0.15) is 30.4 Å². The molecule has 4 heteroatoms.